The zero-order valence-corrected chi connectivity index (χ0v) is 11.9. The van der Waals surface area contributed by atoms with Crippen molar-refractivity contribution in [1.29, 1.82) is 0 Å². The van der Waals surface area contributed by atoms with Gasteiger partial charge in [-0.05, 0) is 6.42 Å². The smallest absolute Gasteiger partial charge is 0.273 e. The highest BCUT2D eigenvalue weighted by Crippen LogP contribution is 2.14. The largest absolute Gasteiger partial charge is 0.375 e. The van der Waals surface area contributed by atoms with Gasteiger partial charge in [-0.15, -0.1) is 23.7 Å². The Labute approximate surface area is 117 Å². The van der Waals surface area contributed by atoms with Crippen LogP contribution in [0.1, 0.15) is 28.8 Å². The number of thiazole rings is 1. The van der Waals surface area contributed by atoms with Gasteiger partial charge in [-0.1, -0.05) is 6.92 Å². The van der Waals surface area contributed by atoms with Crippen molar-refractivity contribution < 1.29 is 9.53 Å². The first-order chi connectivity index (χ1) is 8.24. The second-order valence-corrected chi connectivity index (χ2v) is 4.93. The Morgan fingerprint density at radius 1 is 1.72 bits per heavy atom. The zero-order valence-electron chi connectivity index (χ0n) is 10.3. The number of morpholine rings is 1. The average Bonchev–Trinajstić information content (AvgIpc) is 2.86. The van der Waals surface area contributed by atoms with Gasteiger partial charge in [0.1, 0.15) is 10.7 Å². The molecule has 5 nitrogen and oxygen atoms in total. The molecule has 1 aromatic heterocycles. The highest BCUT2D eigenvalue weighted by atomic mass is 35.5. The topological polar surface area (TPSA) is 68.5 Å². The molecule has 0 aromatic carbocycles. The van der Waals surface area contributed by atoms with Crippen molar-refractivity contribution in [2.24, 2.45) is 5.73 Å². The summed E-state index contributed by atoms with van der Waals surface area (Å²) in [5.41, 5.74) is 6.00. The SMILES string of the molecule is CCC1CN(C(=O)c2csc(CN)n2)CCO1.Cl. The van der Waals surface area contributed by atoms with E-state index < -0.39 is 0 Å². The van der Waals surface area contributed by atoms with Crippen LogP contribution in [0.4, 0.5) is 0 Å². The molecule has 0 radical (unpaired) electrons. The van der Waals surface area contributed by atoms with Crippen molar-refractivity contribution in [2.75, 3.05) is 19.7 Å². The number of rotatable bonds is 3. The molecule has 2 N–H and O–H groups in total. The van der Waals surface area contributed by atoms with E-state index in [-0.39, 0.29) is 24.4 Å². The van der Waals surface area contributed by atoms with Crippen LogP contribution in [0.5, 0.6) is 0 Å². The summed E-state index contributed by atoms with van der Waals surface area (Å²) < 4.78 is 5.54. The van der Waals surface area contributed by atoms with E-state index in [0.29, 0.717) is 31.9 Å². The molecule has 2 rings (SSSR count). The van der Waals surface area contributed by atoms with Gasteiger partial charge in [-0.3, -0.25) is 4.79 Å². The molecule has 102 valence electrons. The van der Waals surface area contributed by atoms with Gasteiger partial charge in [0.2, 0.25) is 0 Å². The standard InChI is InChI=1S/C11H17N3O2S.ClH/c1-2-8-6-14(3-4-16-8)11(15)9-7-17-10(5-12)13-9;/h7-8H,2-6,12H2,1H3;1H. The normalized spacial score (nSPS) is 19.4. The van der Waals surface area contributed by atoms with Crippen LogP contribution in [0.2, 0.25) is 0 Å². The van der Waals surface area contributed by atoms with Crippen molar-refractivity contribution >= 4 is 29.7 Å². The van der Waals surface area contributed by atoms with Gasteiger partial charge >= 0.3 is 0 Å². The van der Waals surface area contributed by atoms with Gasteiger partial charge < -0.3 is 15.4 Å². The first-order valence-electron chi connectivity index (χ1n) is 5.80. The lowest BCUT2D eigenvalue weighted by molar-refractivity contribution is -0.0227. The van der Waals surface area contributed by atoms with E-state index in [1.165, 1.54) is 11.3 Å². The molecule has 0 saturated carbocycles. The Morgan fingerprint density at radius 3 is 3.11 bits per heavy atom. The summed E-state index contributed by atoms with van der Waals surface area (Å²) in [6.07, 6.45) is 1.08. The molecule has 1 aromatic rings. The molecule has 1 aliphatic heterocycles. The van der Waals surface area contributed by atoms with E-state index in [1.807, 2.05) is 4.90 Å². The Morgan fingerprint density at radius 2 is 2.50 bits per heavy atom. The maximum Gasteiger partial charge on any atom is 0.273 e. The van der Waals surface area contributed by atoms with Gasteiger partial charge in [-0.25, -0.2) is 4.98 Å². The number of ether oxygens (including phenoxy) is 1. The molecule has 7 heteroatoms. The lowest BCUT2D eigenvalue weighted by atomic mass is 10.2. The Hall–Kier alpha value is -0.690. The van der Waals surface area contributed by atoms with Crippen LogP contribution in [0.3, 0.4) is 0 Å². The summed E-state index contributed by atoms with van der Waals surface area (Å²) in [5.74, 6) is -0.0114. The molecule has 1 atom stereocenters. The first-order valence-corrected chi connectivity index (χ1v) is 6.68. The molecule has 0 aliphatic carbocycles. The molecule has 1 amide bonds. The number of nitrogens with zero attached hydrogens (tertiary/aromatic N) is 2. The van der Waals surface area contributed by atoms with Crippen LogP contribution >= 0.6 is 23.7 Å². The van der Waals surface area contributed by atoms with Crippen LogP contribution < -0.4 is 5.73 Å². The summed E-state index contributed by atoms with van der Waals surface area (Å²) in [6.45, 7) is 4.36. The quantitative estimate of drug-likeness (QED) is 0.911. The Kier molecular flexibility index (Phi) is 6.01. The summed E-state index contributed by atoms with van der Waals surface area (Å²) in [6, 6.07) is 0. The molecule has 1 aliphatic rings. The van der Waals surface area contributed by atoms with E-state index in [0.717, 1.165) is 11.4 Å². The number of amides is 1. The third-order valence-corrected chi connectivity index (χ3v) is 3.70. The number of carbonyl (C=O) groups excluding carboxylic acids is 1. The molecule has 1 saturated heterocycles. The van der Waals surface area contributed by atoms with Gasteiger partial charge in [0, 0.05) is 25.0 Å². The second-order valence-electron chi connectivity index (χ2n) is 3.98. The third-order valence-electron chi connectivity index (χ3n) is 2.83. The fourth-order valence-electron chi connectivity index (χ4n) is 1.82. The van der Waals surface area contributed by atoms with Gasteiger partial charge in [0.15, 0.2) is 0 Å². The summed E-state index contributed by atoms with van der Waals surface area (Å²) in [4.78, 5) is 18.2. The molecular weight excluding hydrogens is 274 g/mol. The number of aromatic nitrogens is 1. The van der Waals surface area contributed by atoms with E-state index >= 15 is 0 Å². The molecule has 0 spiro atoms. The minimum atomic E-state index is -0.0114. The first kappa shape index (κ1) is 15.4. The van der Waals surface area contributed by atoms with Crippen molar-refractivity contribution in [1.82, 2.24) is 9.88 Å². The Balaban J connectivity index is 0.00000162. The van der Waals surface area contributed by atoms with Crippen molar-refractivity contribution in [2.45, 2.75) is 26.0 Å². The number of halogens is 1. The molecular formula is C11H18ClN3O2S. The lowest BCUT2D eigenvalue weighted by Crippen LogP contribution is -2.45. The van der Waals surface area contributed by atoms with Gasteiger partial charge in [0.25, 0.3) is 5.91 Å². The zero-order chi connectivity index (χ0) is 12.3. The van der Waals surface area contributed by atoms with Crippen molar-refractivity contribution in [3.8, 4) is 0 Å². The maximum absolute atomic E-state index is 12.2. The molecule has 1 unspecified atom stereocenters. The van der Waals surface area contributed by atoms with E-state index in [4.69, 9.17) is 10.5 Å². The van der Waals surface area contributed by atoms with E-state index in [2.05, 4.69) is 11.9 Å². The minimum absolute atomic E-state index is 0. The molecule has 0 bridgehead atoms. The molecule has 1 fully saturated rings. The summed E-state index contributed by atoms with van der Waals surface area (Å²) in [5, 5.41) is 2.58. The van der Waals surface area contributed by atoms with E-state index in [9.17, 15) is 4.79 Å². The second kappa shape index (κ2) is 7.04. The highest BCUT2D eigenvalue weighted by molar-refractivity contribution is 7.09. The van der Waals surface area contributed by atoms with Crippen LogP contribution in [0.25, 0.3) is 0 Å². The number of hydrogen-bond donors (Lipinski definition) is 1. The number of nitrogens with two attached hydrogens (primary N) is 1. The van der Waals surface area contributed by atoms with Crippen LogP contribution in [-0.2, 0) is 11.3 Å². The van der Waals surface area contributed by atoms with E-state index in [1.54, 1.807) is 5.38 Å². The maximum atomic E-state index is 12.2. The average molecular weight is 292 g/mol. The predicted molar refractivity (Wildman–Crippen MR) is 73.2 cm³/mol. The Bertz CT molecular complexity index is 399. The fraction of sp³-hybridized carbons (Fsp3) is 0.636. The van der Waals surface area contributed by atoms with Crippen LogP contribution in [0.15, 0.2) is 5.38 Å². The van der Waals surface area contributed by atoms with Gasteiger partial charge in [-0.2, -0.15) is 0 Å². The predicted octanol–water partition coefficient (Wildman–Crippen LogP) is 1.27. The van der Waals surface area contributed by atoms with Crippen LogP contribution in [0, 0.1) is 0 Å². The number of hydrogen-bond acceptors (Lipinski definition) is 5. The molecule has 2 heterocycles. The van der Waals surface area contributed by atoms with Crippen molar-refractivity contribution in [3.63, 3.8) is 0 Å². The summed E-state index contributed by atoms with van der Waals surface area (Å²) >= 11 is 1.43. The summed E-state index contributed by atoms with van der Waals surface area (Å²) in [7, 11) is 0. The highest BCUT2D eigenvalue weighted by Gasteiger charge is 2.25. The lowest BCUT2D eigenvalue weighted by Gasteiger charge is -2.32. The monoisotopic (exact) mass is 291 g/mol. The van der Waals surface area contributed by atoms with Crippen molar-refractivity contribution in [3.05, 3.63) is 16.1 Å². The number of carbonyl (C=O) groups is 1. The third kappa shape index (κ3) is 3.41. The van der Waals surface area contributed by atoms with Gasteiger partial charge in [0.05, 0.1) is 12.7 Å². The minimum Gasteiger partial charge on any atom is -0.375 e. The molecule has 18 heavy (non-hydrogen) atoms. The van der Waals surface area contributed by atoms with Crippen LogP contribution in [-0.4, -0.2) is 41.6 Å². The fourth-order valence-corrected chi connectivity index (χ4v) is 2.46.